The van der Waals surface area contributed by atoms with Crippen LogP contribution in [0.5, 0.6) is 17.2 Å². The summed E-state index contributed by atoms with van der Waals surface area (Å²) in [4.78, 5) is 35.5. The molecule has 3 aliphatic rings. The number of ether oxygens (including phenoxy) is 3. The second-order valence-corrected chi connectivity index (χ2v) is 20.2. The smallest absolute Gasteiger partial charge is 0.250 e. The van der Waals surface area contributed by atoms with Crippen molar-refractivity contribution in [2.24, 2.45) is 17.2 Å². The second-order valence-electron chi connectivity index (χ2n) is 19.8. The Morgan fingerprint density at radius 2 is 0.753 bits per heavy atom. The maximum absolute atomic E-state index is 11.9. The highest BCUT2D eigenvalue weighted by Crippen LogP contribution is 2.34. The van der Waals surface area contributed by atoms with Crippen molar-refractivity contribution in [2.75, 3.05) is 19.8 Å². The molecule has 0 bridgehead atoms. The number of aromatic nitrogens is 3. The summed E-state index contributed by atoms with van der Waals surface area (Å²) in [6, 6.07) is 50.6. The van der Waals surface area contributed by atoms with Crippen LogP contribution in [0, 0.1) is 27.7 Å². The standard InChI is InChI=1S/C22H22N2O2.C21H19ClN2O2.C21H20N2O2/c1-14-3-6-17(7-4-14)20-12-19(22(23)25)15(2)24(20)13-16-5-8-18-9-10-26-21(18)11-16;1-13-18(21(23)25)11-19(15-4-6-17(22)7-5-15)24(13)12-14-2-3-16-8-9-26-20(16)10-14;1-14-18(21(22)24)12-19(16-5-3-2-4-6-16)23(14)13-15-7-8-17-9-10-25-20(17)11-15/h3-8,11-12H,9-10,13H2,1-2H3,(H2,23,25);2-7,10-11H,8-9,12H2,1H3,(H2,23,25);2-8,11-12H,9-10,13H2,1H3,(H2,22,24). The zero-order valence-electron chi connectivity index (χ0n) is 43.7. The molecular weight excluding hydrogens is 984 g/mol. The van der Waals surface area contributed by atoms with Gasteiger partial charge in [0.2, 0.25) is 0 Å². The number of aryl methyl sites for hydroxylation is 1. The molecule has 0 unspecified atom stereocenters. The zero-order chi connectivity index (χ0) is 53.9. The lowest BCUT2D eigenvalue weighted by molar-refractivity contribution is 0.0991. The summed E-state index contributed by atoms with van der Waals surface area (Å²) in [6.45, 7) is 12.1. The van der Waals surface area contributed by atoms with E-state index < -0.39 is 17.7 Å². The molecule has 0 atom stereocenters. The fraction of sp³-hybridized carbons (Fsp3) is 0.203. The first-order chi connectivity index (χ1) is 37.2. The average molecular weight is 1050 g/mol. The zero-order valence-corrected chi connectivity index (χ0v) is 44.5. The van der Waals surface area contributed by atoms with E-state index in [1.165, 1.54) is 22.3 Å². The summed E-state index contributed by atoms with van der Waals surface area (Å²) in [7, 11) is 0. The van der Waals surface area contributed by atoms with Gasteiger partial charge in [0.25, 0.3) is 17.7 Å². The molecule has 3 aliphatic heterocycles. The molecule has 0 saturated heterocycles. The first-order valence-corrected chi connectivity index (χ1v) is 26.2. The minimum absolute atomic E-state index is 0.396. The Morgan fingerprint density at radius 3 is 1.09 bits per heavy atom. The molecule has 0 aliphatic carbocycles. The fourth-order valence-corrected chi connectivity index (χ4v) is 10.6. The molecular formula is C64H61ClN6O6. The number of primary amides is 3. The molecule has 6 aromatic carbocycles. The average Bonchev–Trinajstić information content (AvgIpc) is 4.34. The van der Waals surface area contributed by atoms with Crippen molar-refractivity contribution in [3.63, 3.8) is 0 Å². The summed E-state index contributed by atoms with van der Waals surface area (Å²) in [6.07, 6.45) is 2.90. The van der Waals surface area contributed by atoms with Crippen molar-refractivity contribution in [1.82, 2.24) is 13.7 Å². The van der Waals surface area contributed by atoms with E-state index in [1.54, 1.807) is 0 Å². The number of carbonyl (C=O) groups is 3. The number of nitrogens with two attached hydrogens (primary N) is 3. The van der Waals surface area contributed by atoms with Gasteiger partial charge in [0.05, 0.1) is 36.5 Å². The Hall–Kier alpha value is -8.74. The molecule has 0 spiro atoms. The van der Waals surface area contributed by atoms with Gasteiger partial charge in [-0.05, 0) is 126 Å². The van der Waals surface area contributed by atoms with Crippen LogP contribution < -0.4 is 31.4 Å². The Balaban J connectivity index is 0.000000131. The first kappa shape index (κ1) is 51.7. The molecule has 0 radical (unpaired) electrons. The van der Waals surface area contributed by atoms with Crippen molar-refractivity contribution in [1.29, 1.82) is 0 Å². The number of nitrogens with zero attached hydrogens (tertiary/aromatic N) is 3. The second kappa shape index (κ2) is 22.2. The van der Waals surface area contributed by atoms with Crippen LogP contribution in [0.2, 0.25) is 5.02 Å². The molecule has 0 fully saturated rings. The highest BCUT2D eigenvalue weighted by Gasteiger charge is 2.22. The molecule has 13 heteroatoms. The molecule has 390 valence electrons. The van der Waals surface area contributed by atoms with Gasteiger partial charge in [-0.15, -0.1) is 0 Å². The van der Waals surface area contributed by atoms with Gasteiger partial charge in [0.15, 0.2) is 0 Å². The molecule has 6 heterocycles. The highest BCUT2D eigenvalue weighted by molar-refractivity contribution is 6.30. The third-order valence-corrected chi connectivity index (χ3v) is 15.0. The fourth-order valence-electron chi connectivity index (χ4n) is 10.4. The van der Waals surface area contributed by atoms with Crippen molar-refractivity contribution in [2.45, 2.75) is 66.6 Å². The van der Waals surface area contributed by atoms with Crippen LogP contribution in [0.3, 0.4) is 0 Å². The van der Waals surface area contributed by atoms with E-state index in [0.29, 0.717) is 41.3 Å². The first-order valence-electron chi connectivity index (χ1n) is 25.8. The van der Waals surface area contributed by atoms with Gasteiger partial charge in [-0.1, -0.05) is 120 Å². The van der Waals surface area contributed by atoms with E-state index in [4.69, 9.17) is 43.0 Å². The number of carbonyl (C=O) groups excluding carboxylic acids is 3. The summed E-state index contributed by atoms with van der Waals surface area (Å²) in [5, 5.41) is 0.675. The molecule has 9 aromatic rings. The Kier molecular flexibility index (Phi) is 14.9. The third kappa shape index (κ3) is 11.2. The van der Waals surface area contributed by atoms with Crippen molar-refractivity contribution < 1.29 is 28.6 Å². The predicted molar refractivity (Wildman–Crippen MR) is 303 cm³/mol. The Morgan fingerprint density at radius 1 is 0.429 bits per heavy atom. The van der Waals surface area contributed by atoms with Crippen LogP contribution in [-0.2, 0) is 38.9 Å². The number of fused-ring (bicyclic) bond motifs is 3. The SMILES string of the molecule is Cc1c(C(N)=O)cc(-c2ccc(Cl)cc2)n1Cc1ccc2c(c1)OCC2.Cc1c(C(N)=O)cc(-c2ccccc2)n1Cc1ccc2c(c1)OCC2.Cc1ccc(-c2cc(C(N)=O)c(C)n2Cc2ccc3c(c2)OCC3)cc1. The number of hydrogen-bond acceptors (Lipinski definition) is 6. The maximum atomic E-state index is 11.9. The van der Waals surface area contributed by atoms with Gasteiger partial charge in [-0.2, -0.15) is 0 Å². The molecule has 12 nitrogen and oxygen atoms in total. The van der Waals surface area contributed by atoms with Crippen molar-refractivity contribution in [3.05, 3.63) is 229 Å². The number of benzene rings is 6. The normalized spacial score (nSPS) is 12.7. The molecule has 0 saturated carbocycles. The number of rotatable bonds is 12. The lowest BCUT2D eigenvalue weighted by Crippen LogP contribution is -2.12. The monoisotopic (exact) mass is 1040 g/mol. The van der Waals surface area contributed by atoms with Crippen LogP contribution in [0.1, 0.15) is 87.1 Å². The summed E-state index contributed by atoms with van der Waals surface area (Å²) in [5.41, 5.74) is 35.5. The van der Waals surface area contributed by atoms with E-state index in [-0.39, 0.29) is 0 Å². The van der Waals surface area contributed by atoms with Crippen molar-refractivity contribution in [3.8, 4) is 51.0 Å². The number of halogens is 1. The lowest BCUT2D eigenvalue weighted by Gasteiger charge is -2.13. The minimum Gasteiger partial charge on any atom is -0.493 e. The van der Waals surface area contributed by atoms with Gasteiger partial charge >= 0.3 is 0 Å². The number of hydrogen-bond donors (Lipinski definition) is 3. The third-order valence-electron chi connectivity index (χ3n) is 14.8. The van der Waals surface area contributed by atoms with Crippen molar-refractivity contribution >= 4 is 29.3 Å². The predicted octanol–water partition coefficient (Wildman–Crippen LogP) is 11.6. The van der Waals surface area contributed by atoms with Crippen LogP contribution in [0.15, 0.2) is 152 Å². The van der Waals surface area contributed by atoms with Gasteiger partial charge in [0.1, 0.15) is 17.2 Å². The molecule has 6 N–H and O–H groups in total. The summed E-state index contributed by atoms with van der Waals surface area (Å²) in [5.74, 6) is 1.68. The van der Waals surface area contributed by atoms with Crippen LogP contribution in [0.25, 0.3) is 33.8 Å². The molecule has 3 amide bonds. The maximum Gasteiger partial charge on any atom is 0.250 e. The van der Waals surface area contributed by atoms with E-state index in [2.05, 4.69) is 99.5 Å². The number of amides is 3. The van der Waals surface area contributed by atoms with E-state index in [0.717, 1.165) is 124 Å². The summed E-state index contributed by atoms with van der Waals surface area (Å²) < 4.78 is 23.5. The Bertz CT molecular complexity index is 3520. The highest BCUT2D eigenvalue weighted by atomic mass is 35.5. The van der Waals surface area contributed by atoms with Crippen LogP contribution in [0.4, 0.5) is 0 Å². The largest absolute Gasteiger partial charge is 0.493 e. The molecule has 3 aromatic heterocycles. The van der Waals surface area contributed by atoms with E-state index >= 15 is 0 Å². The molecule has 77 heavy (non-hydrogen) atoms. The van der Waals surface area contributed by atoms with Gasteiger partial charge in [-0.3, -0.25) is 14.4 Å². The lowest BCUT2D eigenvalue weighted by atomic mass is 10.1. The summed E-state index contributed by atoms with van der Waals surface area (Å²) >= 11 is 6.01. The van der Waals surface area contributed by atoms with Crippen LogP contribution in [-0.4, -0.2) is 51.2 Å². The van der Waals surface area contributed by atoms with E-state index in [1.807, 2.05) is 93.6 Å². The minimum atomic E-state index is -0.422. The Labute approximate surface area is 453 Å². The molecule has 12 rings (SSSR count). The topological polar surface area (TPSA) is 172 Å². The van der Waals surface area contributed by atoms with Gasteiger partial charge in [0, 0.05) is 78.1 Å². The van der Waals surface area contributed by atoms with Gasteiger partial charge < -0.3 is 45.1 Å². The van der Waals surface area contributed by atoms with E-state index in [9.17, 15) is 14.4 Å². The van der Waals surface area contributed by atoms with Gasteiger partial charge in [-0.25, -0.2) is 0 Å². The van der Waals surface area contributed by atoms with Crippen LogP contribution >= 0.6 is 11.6 Å². The quantitative estimate of drug-likeness (QED) is 0.110.